The van der Waals surface area contributed by atoms with Gasteiger partial charge in [-0.3, -0.25) is 0 Å². The van der Waals surface area contributed by atoms with Crippen LogP contribution in [-0.2, 0) is 0 Å². The van der Waals surface area contributed by atoms with E-state index in [0.29, 0.717) is 0 Å². The number of thiophene rings is 1. The largest absolute Gasteiger partial charge is 0.546 e. The normalized spacial score (nSPS) is 11.8. The van der Waals surface area contributed by atoms with Crippen molar-refractivity contribution in [2.24, 2.45) is 4.99 Å². The Labute approximate surface area is 155 Å². The highest BCUT2D eigenvalue weighted by Gasteiger charge is 2.14. The zero-order valence-corrected chi connectivity index (χ0v) is 17.1. The second-order valence-corrected chi connectivity index (χ2v) is 9.65. The second-order valence-electron chi connectivity index (χ2n) is 6.40. The van der Waals surface area contributed by atoms with Gasteiger partial charge >= 0.3 is 0 Å². The molecule has 0 aliphatic rings. The van der Waals surface area contributed by atoms with E-state index in [-0.39, 0.29) is 0 Å². The van der Waals surface area contributed by atoms with Crippen molar-refractivity contribution in [3.63, 3.8) is 0 Å². The highest BCUT2D eigenvalue weighted by molar-refractivity contribution is 7.12. The van der Waals surface area contributed by atoms with Crippen molar-refractivity contribution >= 4 is 31.8 Å². The van der Waals surface area contributed by atoms with E-state index < -0.39 is 9.04 Å². The molecule has 0 saturated carbocycles. The molecule has 1 aromatic heterocycles. The summed E-state index contributed by atoms with van der Waals surface area (Å²) in [5.41, 5.74) is 5.48. The summed E-state index contributed by atoms with van der Waals surface area (Å²) < 4.78 is 6.15. The number of aryl methyl sites for hydroxylation is 2. The topological polar surface area (TPSA) is 21.6 Å². The van der Waals surface area contributed by atoms with Crippen LogP contribution in [0.5, 0.6) is 5.75 Å². The molecule has 0 atom stereocenters. The zero-order valence-electron chi connectivity index (χ0n) is 15.1. The van der Waals surface area contributed by atoms with E-state index in [9.17, 15) is 0 Å². The second kappa shape index (κ2) is 7.81. The molecule has 0 radical (unpaired) electrons. The fourth-order valence-electron chi connectivity index (χ4n) is 2.64. The summed E-state index contributed by atoms with van der Waals surface area (Å²) in [5.74, 6) is 0.893. The van der Waals surface area contributed by atoms with Crippen LogP contribution in [0.2, 0.25) is 13.1 Å². The molecule has 0 aliphatic heterocycles. The van der Waals surface area contributed by atoms with Crippen molar-refractivity contribution < 1.29 is 4.43 Å². The number of rotatable bonds is 5. The lowest BCUT2D eigenvalue weighted by molar-refractivity contribution is 0.581. The fraction of sp³-hybridized carbons (Fsp3) is 0.190. The van der Waals surface area contributed by atoms with Gasteiger partial charge in [0.1, 0.15) is 11.4 Å². The number of nitrogens with zero attached hydrogens (tertiary/aromatic N) is 1. The van der Waals surface area contributed by atoms with Crippen LogP contribution < -0.4 is 4.43 Å². The molecule has 0 unspecified atom stereocenters. The molecule has 128 valence electrons. The molecule has 25 heavy (non-hydrogen) atoms. The molecule has 2 aromatic carbocycles. The number of aliphatic imine (C=N–C) groups is 1. The van der Waals surface area contributed by atoms with Crippen molar-refractivity contribution in [3.05, 3.63) is 81.5 Å². The van der Waals surface area contributed by atoms with E-state index in [1.807, 2.05) is 6.07 Å². The molecule has 3 rings (SSSR count). The Morgan fingerprint density at radius 1 is 1.00 bits per heavy atom. The quantitative estimate of drug-likeness (QED) is 0.408. The molecule has 0 spiro atoms. The predicted octanol–water partition coefficient (Wildman–Crippen LogP) is 5.90. The first-order valence-electron chi connectivity index (χ1n) is 8.50. The minimum Gasteiger partial charge on any atom is -0.546 e. The monoisotopic (exact) mass is 365 g/mol. The first-order chi connectivity index (χ1) is 12.0. The first kappa shape index (κ1) is 17.6. The van der Waals surface area contributed by atoms with E-state index in [1.54, 1.807) is 11.3 Å². The van der Waals surface area contributed by atoms with E-state index in [4.69, 9.17) is 9.42 Å². The van der Waals surface area contributed by atoms with Gasteiger partial charge in [0.2, 0.25) is 9.04 Å². The lowest BCUT2D eigenvalue weighted by Gasteiger charge is -2.14. The van der Waals surface area contributed by atoms with Gasteiger partial charge in [-0.25, -0.2) is 4.99 Å². The number of hydrogen-bond donors (Lipinski definition) is 0. The Morgan fingerprint density at radius 3 is 2.40 bits per heavy atom. The Balaban J connectivity index is 2.16. The molecule has 0 bridgehead atoms. The SMILES string of the molecule is Cc1ccc(N=C(c2ccccc2)c2sccc2C)c(O[SiH](C)C)c1. The van der Waals surface area contributed by atoms with E-state index in [2.05, 4.69) is 80.9 Å². The molecule has 0 amide bonds. The summed E-state index contributed by atoms with van der Waals surface area (Å²) >= 11 is 1.73. The van der Waals surface area contributed by atoms with Crippen molar-refractivity contribution in [2.75, 3.05) is 0 Å². The Morgan fingerprint density at radius 2 is 1.76 bits per heavy atom. The van der Waals surface area contributed by atoms with Gasteiger partial charge in [0.05, 0.1) is 10.6 Å². The highest BCUT2D eigenvalue weighted by Crippen LogP contribution is 2.32. The zero-order chi connectivity index (χ0) is 17.8. The third kappa shape index (κ3) is 4.27. The standard InChI is InChI=1S/C21H23NOSSi/c1-15-10-11-18(19(14-15)23-25(3)4)22-20(17-8-6-5-7-9-17)21-16(2)12-13-24-21/h5-14,25H,1-4H3. The summed E-state index contributed by atoms with van der Waals surface area (Å²) in [5, 5.41) is 2.12. The summed E-state index contributed by atoms with van der Waals surface area (Å²) in [4.78, 5) is 6.26. The maximum atomic E-state index is 6.15. The van der Waals surface area contributed by atoms with Gasteiger partial charge in [-0.05, 0) is 61.6 Å². The maximum Gasteiger partial charge on any atom is 0.229 e. The van der Waals surface area contributed by atoms with E-state index in [1.165, 1.54) is 16.0 Å². The average molecular weight is 366 g/mol. The van der Waals surface area contributed by atoms with Crippen LogP contribution in [0.3, 0.4) is 0 Å². The van der Waals surface area contributed by atoms with Crippen LogP contribution in [0.15, 0.2) is 65.0 Å². The van der Waals surface area contributed by atoms with Crippen molar-refractivity contribution in [3.8, 4) is 5.75 Å². The van der Waals surface area contributed by atoms with Crippen LogP contribution >= 0.6 is 11.3 Å². The first-order valence-corrected chi connectivity index (χ1v) is 12.2. The van der Waals surface area contributed by atoms with Crippen molar-refractivity contribution in [2.45, 2.75) is 26.9 Å². The van der Waals surface area contributed by atoms with Crippen molar-refractivity contribution in [1.82, 2.24) is 0 Å². The lowest BCUT2D eigenvalue weighted by Crippen LogP contribution is -2.11. The van der Waals surface area contributed by atoms with Crippen LogP contribution in [0, 0.1) is 13.8 Å². The number of benzene rings is 2. The van der Waals surface area contributed by atoms with Gasteiger partial charge in [0.15, 0.2) is 0 Å². The molecule has 2 nitrogen and oxygen atoms in total. The molecule has 0 fully saturated rings. The van der Waals surface area contributed by atoms with Gasteiger partial charge in [0, 0.05) is 5.56 Å². The highest BCUT2D eigenvalue weighted by atomic mass is 32.1. The van der Waals surface area contributed by atoms with Crippen LogP contribution in [0.1, 0.15) is 21.6 Å². The molecule has 0 aliphatic carbocycles. The Hall–Kier alpha value is -2.17. The molecule has 4 heteroatoms. The maximum absolute atomic E-state index is 6.15. The third-order valence-electron chi connectivity index (χ3n) is 3.83. The molecule has 1 heterocycles. The molecule has 0 N–H and O–H groups in total. The molecule has 0 saturated heterocycles. The minimum atomic E-state index is -1.20. The third-order valence-corrected chi connectivity index (χ3v) is 5.58. The van der Waals surface area contributed by atoms with Gasteiger partial charge in [-0.1, -0.05) is 36.4 Å². The lowest BCUT2D eigenvalue weighted by atomic mass is 10.1. The predicted molar refractivity (Wildman–Crippen MR) is 111 cm³/mol. The molecule has 3 aromatic rings. The minimum absolute atomic E-state index is 0.893. The Bertz CT molecular complexity index is 884. The molecular formula is C21H23NOSSi. The van der Waals surface area contributed by atoms with Crippen LogP contribution in [-0.4, -0.2) is 14.8 Å². The summed E-state index contributed by atoms with van der Waals surface area (Å²) in [7, 11) is -1.20. The molecular weight excluding hydrogens is 342 g/mol. The van der Waals surface area contributed by atoms with Gasteiger partial charge in [0.25, 0.3) is 0 Å². The van der Waals surface area contributed by atoms with Gasteiger partial charge in [-0.2, -0.15) is 0 Å². The fourth-order valence-corrected chi connectivity index (χ4v) is 4.27. The summed E-state index contributed by atoms with van der Waals surface area (Å²) in [6, 6.07) is 18.8. The number of hydrogen-bond acceptors (Lipinski definition) is 3. The summed E-state index contributed by atoms with van der Waals surface area (Å²) in [6.07, 6.45) is 0. The van der Waals surface area contributed by atoms with Crippen molar-refractivity contribution in [1.29, 1.82) is 0 Å². The van der Waals surface area contributed by atoms with Crippen LogP contribution in [0.25, 0.3) is 0 Å². The van der Waals surface area contributed by atoms with Crippen LogP contribution in [0.4, 0.5) is 5.69 Å². The average Bonchev–Trinajstić information content (AvgIpc) is 3.00. The van der Waals surface area contributed by atoms with E-state index >= 15 is 0 Å². The Kier molecular flexibility index (Phi) is 5.51. The van der Waals surface area contributed by atoms with Gasteiger partial charge in [-0.15, -0.1) is 11.3 Å². The smallest absolute Gasteiger partial charge is 0.229 e. The summed E-state index contributed by atoms with van der Waals surface area (Å²) in [6.45, 7) is 8.58. The van der Waals surface area contributed by atoms with Gasteiger partial charge < -0.3 is 4.43 Å². The van der Waals surface area contributed by atoms with E-state index in [0.717, 1.165) is 22.7 Å².